The van der Waals surface area contributed by atoms with Crippen molar-refractivity contribution in [3.8, 4) is 11.4 Å². The molecule has 2 aromatic heterocycles. The Morgan fingerprint density at radius 1 is 1.22 bits per heavy atom. The molecule has 4 aromatic rings. The molecule has 114 valence electrons. The molecule has 0 saturated carbocycles. The van der Waals surface area contributed by atoms with E-state index in [0.717, 1.165) is 22.4 Å². The summed E-state index contributed by atoms with van der Waals surface area (Å²) in [7, 11) is 1.95. The van der Waals surface area contributed by atoms with E-state index in [1.165, 1.54) is 0 Å². The van der Waals surface area contributed by atoms with E-state index in [4.69, 9.17) is 4.42 Å². The van der Waals surface area contributed by atoms with Gasteiger partial charge in [-0.25, -0.2) is 9.78 Å². The molecule has 0 atom stereocenters. The summed E-state index contributed by atoms with van der Waals surface area (Å²) in [5, 5.41) is 10.00. The van der Waals surface area contributed by atoms with E-state index in [0.29, 0.717) is 16.7 Å². The molecule has 5 nitrogen and oxygen atoms in total. The summed E-state index contributed by atoms with van der Waals surface area (Å²) in [5.41, 5.74) is 3.58. The highest BCUT2D eigenvalue weighted by Crippen LogP contribution is 2.31. The van der Waals surface area contributed by atoms with Crippen molar-refractivity contribution in [3.63, 3.8) is 0 Å². The minimum absolute atomic E-state index is 0.209. The number of rotatable bonds is 2. The van der Waals surface area contributed by atoms with Crippen molar-refractivity contribution in [2.24, 2.45) is 7.05 Å². The SMILES string of the molecule is Cc1oc2ccc(-c3nc4ccccc4n3C)cc2c1C(=O)O. The molecule has 2 heterocycles. The van der Waals surface area contributed by atoms with E-state index in [-0.39, 0.29) is 5.56 Å². The zero-order valence-electron chi connectivity index (χ0n) is 12.7. The Morgan fingerprint density at radius 2 is 2.00 bits per heavy atom. The van der Waals surface area contributed by atoms with Crippen LogP contribution in [0, 0.1) is 6.92 Å². The maximum atomic E-state index is 11.5. The number of nitrogens with zero attached hydrogens (tertiary/aromatic N) is 2. The predicted octanol–water partition coefficient (Wildman–Crippen LogP) is 3.99. The highest BCUT2D eigenvalue weighted by atomic mass is 16.4. The zero-order chi connectivity index (χ0) is 16.1. The van der Waals surface area contributed by atoms with Crippen LogP contribution in [0.1, 0.15) is 16.1 Å². The van der Waals surface area contributed by atoms with Crippen molar-refractivity contribution in [1.82, 2.24) is 9.55 Å². The van der Waals surface area contributed by atoms with Gasteiger partial charge in [-0.1, -0.05) is 12.1 Å². The molecule has 0 unspecified atom stereocenters. The Morgan fingerprint density at radius 3 is 2.74 bits per heavy atom. The Labute approximate surface area is 131 Å². The molecule has 0 amide bonds. The van der Waals surface area contributed by atoms with E-state index in [2.05, 4.69) is 4.98 Å². The number of fused-ring (bicyclic) bond motifs is 2. The minimum Gasteiger partial charge on any atom is -0.478 e. The molecule has 23 heavy (non-hydrogen) atoms. The van der Waals surface area contributed by atoms with Crippen LogP contribution in [-0.4, -0.2) is 20.6 Å². The number of aromatic nitrogens is 2. The summed E-state index contributed by atoms with van der Waals surface area (Å²) in [5.74, 6) is 0.223. The lowest BCUT2D eigenvalue weighted by atomic mass is 10.1. The maximum Gasteiger partial charge on any atom is 0.339 e. The van der Waals surface area contributed by atoms with Gasteiger partial charge in [-0.3, -0.25) is 0 Å². The molecule has 0 aliphatic rings. The van der Waals surface area contributed by atoms with E-state index in [9.17, 15) is 9.90 Å². The number of aromatic carboxylic acids is 1. The summed E-state index contributed by atoms with van der Waals surface area (Å²) in [4.78, 5) is 16.1. The fourth-order valence-corrected chi connectivity index (χ4v) is 3.03. The van der Waals surface area contributed by atoms with Gasteiger partial charge in [0.05, 0.1) is 11.0 Å². The third kappa shape index (κ3) is 1.93. The second kappa shape index (κ2) is 4.71. The standard InChI is InChI=1S/C18H14N2O3/c1-10-16(18(21)22)12-9-11(7-8-15(12)23-10)17-19-13-5-3-4-6-14(13)20(17)2/h3-9H,1-2H3,(H,21,22). The highest BCUT2D eigenvalue weighted by Gasteiger charge is 2.19. The van der Waals surface area contributed by atoms with Gasteiger partial charge in [0.25, 0.3) is 0 Å². The van der Waals surface area contributed by atoms with Crippen LogP contribution in [0.15, 0.2) is 46.9 Å². The number of para-hydroxylation sites is 2. The van der Waals surface area contributed by atoms with Crippen molar-refractivity contribution >= 4 is 28.0 Å². The van der Waals surface area contributed by atoms with Crippen molar-refractivity contribution in [2.45, 2.75) is 6.92 Å². The Balaban J connectivity index is 1.99. The second-order valence-corrected chi connectivity index (χ2v) is 5.53. The molecule has 5 heteroatoms. The van der Waals surface area contributed by atoms with Crippen molar-refractivity contribution in [1.29, 1.82) is 0 Å². The van der Waals surface area contributed by atoms with Crippen LogP contribution in [0.5, 0.6) is 0 Å². The van der Waals surface area contributed by atoms with Crippen LogP contribution in [0.3, 0.4) is 0 Å². The number of aryl methyl sites for hydroxylation is 2. The van der Waals surface area contributed by atoms with Gasteiger partial charge >= 0.3 is 5.97 Å². The van der Waals surface area contributed by atoms with Crippen LogP contribution in [0.2, 0.25) is 0 Å². The number of carboxylic acids is 1. The molecule has 0 aliphatic carbocycles. The third-order valence-electron chi connectivity index (χ3n) is 4.12. The molecule has 0 radical (unpaired) electrons. The number of hydrogen-bond acceptors (Lipinski definition) is 3. The van der Waals surface area contributed by atoms with Gasteiger partial charge in [0.15, 0.2) is 0 Å². The lowest BCUT2D eigenvalue weighted by Crippen LogP contribution is -1.97. The fraction of sp³-hybridized carbons (Fsp3) is 0.111. The monoisotopic (exact) mass is 306 g/mol. The maximum absolute atomic E-state index is 11.5. The van der Waals surface area contributed by atoms with Crippen LogP contribution in [-0.2, 0) is 7.05 Å². The summed E-state index contributed by atoms with van der Waals surface area (Å²) in [6, 6.07) is 13.4. The smallest absolute Gasteiger partial charge is 0.339 e. The summed E-state index contributed by atoms with van der Waals surface area (Å²) >= 11 is 0. The number of carbonyl (C=O) groups is 1. The first-order valence-corrected chi connectivity index (χ1v) is 7.24. The van der Waals surface area contributed by atoms with E-state index < -0.39 is 5.97 Å². The first-order chi connectivity index (χ1) is 11.1. The van der Waals surface area contributed by atoms with Crippen LogP contribution in [0.25, 0.3) is 33.4 Å². The first-order valence-electron chi connectivity index (χ1n) is 7.24. The van der Waals surface area contributed by atoms with Crippen molar-refractivity contribution in [2.75, 3.05) is 0 Å². The lowest BCUT2D eigenvalue weighted by molar-refractivity contribution is 0.0697. The molecular formula is C18H14N2O3. The quantitative estimate of drug-likeness (QED) is 0.608. The van der Waals surface area contributed by atoms with Crippen LogP contribution < -0.4 is 0 Å². The molecule has 0 aliphatic heterocycles. The normalized spacial score (nSPS) is 11.4. The van der Waals surface area contributed by atoms with Gasteiger partial charge in [0.1, 0.15) is 22.7 Å². The molecular weight excluding hydrogens is 292 g/mol. The Bertz CT molecular complexity index is 1070. The first kappa shape index (κ1) is 13.6. The average Bonchev–Trinajstić information content (AvgIpc) is 3.03. The molecule has 0 spiro atoms. The van der Waals surface area contributed by atoms with E-state index >= 15 is 0 Å². The summed E-state index contributed by atoms with van der Waals surface area (Å²) in [6.07, 6.45) is 0. The average molecular weight is 306 g/mol. The van der Waals surface area contributed by atoms with Gasteiger partial charge in [0.2, 0.25) is 0 Å². The summed E-state index contributed by atoms with van der Waals surface area (Å²) in [6.45, 7) is 1.66. The topological polar surface area (TPSA) is 68.3 Å². The molecule has 0 bridgehead atoms. The van der Waals surface area contributed by atoms with Crippen LogP contribution in [0.4, 0.5) is 0 Å². The number of furan rings is 1. The molecule has 0 saturated heterocycles. The van der Waals surface area contributed by atoms with Crippen molar-refractivity contribution in [3.05, 3.63) is 53.8 Å². The van der Waals surface area contributed by atoms with Crippen LogP contribution >= 0.6 is 0 Å². The number of carboxylic acid groups (broad SMARTS) is 1. The minimum atomic E-state index is -0.983. The molecule has 2 aromatic carbocycles. The van der Waals surface area contributed by atoms with Gasteiger partial charge in [-0.05, 0) is 37.3 Å². The number of benzene rings is 2. The third-order valence-corrected chi connectivity index (χ3v) is 4.12. The van der Waals surface area contributed by atoms with Gasteiger partial charge in [-0.15, -0.1) is 0 Å². The molecule has 4 rings (SSSR count). The Kier molecular flexibility index (Phi) is 2.78. The number of imidazole rings is 1. The number of hydrogen-bond donors (Lipinski definition) is 1. The van der Waals surface area contributed by atoms with Crippen molar-refractivity contribution < 1.29 is 14.3 Å². The van der Waals surface area contributed by atoms with E-state index in [1.54, 1.807) is 13.0 Å². The largest absolute Gasteiger partial charge is 0.478 e. The lowest BCUT2D eigenvalue weighted by Gasteiger charge is -2.03. The van der Waals surface area contributed by atoms with Gasteiger partial charge in [-0.2, -0.15) is 0 Å². The van der Waals surface area contributed by atoms with Gasteiger partial charge in [0, 0.05) is 18.0 Å². The second-order valence-electron chi connectivity index (χ2n) is 5.53. The molecule has 1 N–H and O–H groups in total. The highest BCUT2D eigenvalue weighted by molar-refractivity contribution is 6.04. The van der Waals surface area contributed by atoms with Gasteiger partial charge < -0.3 is 14.1 Å². The van der Waals surface area contributed by atoms with E-state index in [1.807, 2.05) is 48.0 Å². The zero-order valence-corrected chi connectivity index (χ0v) is 12.7. The fourth-order valence-electron chi connectivity index (χ4n) is 3.03. The Hall–Kier alpha value is -3.08. The predicted molar refractivity (Wildman–Crippen MR) is 87.6 cm³/mol. The summed E-state index contributed by atoms with van der Waals surface area (Å²) < 4.78 is 7.54. The molecule has 0 fully saturated rings.